The monoisotopic (exact) mass is 373 g/mol. The number of non-ortho nitro benzene ring substituents is 1. The van der Waals surface area contributed by atoms with Gasteiger partial charge in [0, 0.05) is 19.0 Å². The van der Waals surface area contributed by atoms with Crippen LogP contribution < -0.4 is 0 Å². The van der Waals surface area contributed by atoms with Crippen LogP contribution in [0.5, 0.6) is 0 Å². The van der Waals surface area contributed by atoms with Gasteiger partial charge in [-0.3, -0.25) is 14.9 Å². The van der Waals surface area contributed by atoms with Crippen molar-refractivity contribution in [1.29, 1.82) is 0 Å². The van der Waals surface area contributed by atoms with Crippen molar-refractivity contribution in [2.24, 2.45) is 0 Å². The van der Waals surface area contributed by atoms with Crippen molar-refractivity contribution in [2.45, 2.75) is 6.54 Å². The van der Waals surface area contributed by atoms with E-state index in [0.717, 1.165) is 17.7 Å². The number of nitro benzene ring substituents is 1. The zero-order chi connectivity index (χ0) is 18.8. The van der Waals surface area contributed by atoms with Gasteiger partial charge in [-0.1, -0.05) is 41.9 Å². The van der Waals surface area contributed by atoms with E-state index in [1.807, 2.05) is 30.3 Å². The molecule has 3 aromatic rings. The van der Waals surface area contributed by atoms with Crippen LogP contribution >= 0.6 is 11.6 Å². The third-order valence-electron chi connectivity index (χ3n) is 3.83. The van der Waals surface area contributed by atoms with Gasteiger partial charge in [0.15, 0.2) is 5.52 Å². The Morgan fingerprint density at radius 1 is 1.27 bits per heavy atom. The zero-order valence-corrected chi connectivity index (χ0v) is 14.4. The molecule has 0 atom stereocenters. The van der Waals surface area contributed by atoms with E-state index in [0.29, 0.717) is 6.54 Å². The summed E-state index contributed by atoms with van der Waals surface area (Å²) in [6.45, 7) is 0.336. The predicted octanol–water partition coefficient (Wildman–Crippen LogP) is 4.21. The summed E-state index contributed by atoms with van der Waals surface area (Å²) in [6.07, 6.45) is 0. The lowest BCUT2D eigenvalue weighted by atomic mass is 10.1. The summed E-state index contributed by atoms with van der Waals surface area (Å²) >= 11 is 6.12. The minimum Gasteiger partial charge on any atom is -0.336 e. The largest absolute Gasteiger partial charge is 0.336 e. The van der Waals surface area contributed by atoms with Crippen molar-refractivity contribution < 1.29 is 14.1 Å². The van der Waals surface area contributed by atoms with Gasteiger partial charge in [0.05, 0.1) is 16.0 Å². The van der Waals surface area contributed by atoms with Crippen LogP contribution in [0.15, 0.2) is 48.5 Å². The lowest BCUT2D eigenvalue weighted by Gasteiger charge is -2.17. The molecule has 1 aromatic heterocycles. The first kappa shape index (κ1) is 17.8. The molecule has 0 N–H and O–H groups in total. The van der Waals surface area contributed by atoms with Crippen molar-refractivity contribution >= 4 is 34.1 Å². The molecule has 6 nitrogen and oxygen atoms in total. The second-order valence-electron chi connectivity index (χ2n) is 5.71. The molecule has 0 spiro atoms. The molecular formula is C18H13ClFN3O3. The fraction of sp³-hybridized carbons (Fsp3) is 0.111. The van der Waals surface area contributed by atoms with Crippen molar-refractivity contribution in [1.82, 2.24) is 9.88 Å². The second kappa shape index (κ2) is 7.05. The highest BCUT2D eigenvalue weighted by atomic mass is 35.5. The van der Waals surface area contributed by atoms with Crippen molar-refractivity contribution in [2.75, 3.05) is 7.05 Å². The second-order valence-corrected chi connectivity index (χ2v) is 6.12. The summed E-state index contributed by atoms with van der Waals surface area (Å²) in [4.78, 5) is 28.6. The van der Waals surface area contributed by atoms with Crippen molar-refractivity contribution in [3.63, 3.8) is 0 Å². The van der Waals surface area contributed by atoms with E-state index >= 15 is 0 Å². The fourth-order valence-electron chi connectivity index (χ4n) is 2.61. The number of carbonyl (C=O) groups excluding carboxylic acids is 1. The molecule has 1 amide bonds. The number of benzene rings is 2. The van der Waals surface area contributed by atoms with Gasteiger partial charge in [0.1, 0.15) is 11.5 Å². The quantitative estimate of drug-likeness (QED) is 0.507. The summed E-state index contributed by atoms with van der Waals surface area (Å²) < 4.78 is 13.6. The number of halogens is 2. The maximum Gasteiger partial charge on any atom is 0.298 e. The van der Waals surface area contributed by atoms with Crippen LogP contribution in [0.25, 0.3) is 10.9 Å². The summed E-state index contributed by atoms with van der Waals surface area (Å²) in [6, 6.07) is 12.4. The van der Waals surface area contributed by atoms with Gasteiger partial charge in [-0.05, 0) is 17.7 Å². The number of nitro groups is 1. The molecular weight excluding hydrogens is 361 g/mol. The first-order chi connectivity index (χ1) is 12.4. The standard InChI is InChI=1S/C18H13ClFN3O3/c1-22(10-11-5-3-2-4-6-11)18(24)15-9-14(19)13-7-12(20)8-16(23(25)26)17(13)21-15/h2-9H,10H2,1H3. The Morgan fingerprint density at radius 3 is 2.62 bits per heavy atom. The number of hydrogen-bond donors (Lipinski definition) is 0. The number of hydrogen-bond acceptors (Lipinski definition) is 4. The van der Waals surface area contributed by atoms with Gasteiger partial charge < -0.3 is 4.90 Å². The molecule has 26 heavy (non-hydrogen) atoms. The Morgan fingerprint density at radius 2 is 1.96 bits per heavy atom. The van der Waals surface area contributed by atoms with Crippen molar-refractivity contribution in [3.05, 3.63) is 80.7 Å². The van der Waals surface area contributed by atoms with Gasteiger partial charge in [0.25, 0.3) is 11.6 Å². The molecule has 0 unspecified atom stereocenters. The Hall–Kier alpha value is -3.06. The fourth-order valence-corrected chi connectivity index (χ4v) is 2.86. The van der Waals surface area contributed by atoms with Gasteiger partial charge in [-0.2, -0.15) is 0 Å². The molecule has 0 saturated heterocycles. The van der Waals surface area contributed by atoms with Gasteiger partial charge in [-0.25, -0.2) is 9.37 Å². The van der Waals surface area contributed by atoms with E-state index < -0.39 is 22.3 Å². The van der Waals surface area contributed by atoms with Crippen LogP contribution in [0.2, 0.25) is 5.02 Å². The average Bonchev–Trinajstić information content (AvgIpc) is 2.61. The van der Waals surface area contributed by atoms with Crippen LogP contribution in [-0.2, 0) is 6.54 Å². The van der Waals surface area contributed by atoms with Crippen LogP contribution in [0, 0.1) is 15.9 Å². The van der Waals surface area contributed by atoms with E-state index in [-0.39, 0.29) is 21.6 Å². The number of fused-ring (bicyclic) bond motifs is 1. The first-order valence-corrected chi connectivity index (χ1v) is 7.98. The number of aromatic nitrogens is 1. The van der Waals surface area contributed by atoms with Crippen LogP contribution in [0.3, 0.4) is 0 Å². The zero-order valence-electron chi connectivity index (χ0n) is 13.6. The van der Waals surface area contributed by atoms with E-state index in [2.05, 4.69) is 4.98 Å². The lowest BCUT2D eigenvalue weighted by molar-refractivity contribution is -0.383. The molecule has 132 valence electrons. The Bertz CT molecular complexity index is 1010. The maximum absolute atomic E-state index is 13.6. The average molecular weight is 374 g/mol. The summed E-state index contributed by atoms with van der Waals surface area (Å²) in [5.74, 6) is -1.25. The van der Waals surface area contributed by atoms with E-state index in [9.17, 15) is 19.3 Å². The predicted molar refractivity (Wildman–Crippen MR) is 95.6 cm³/mol. The molecule has 0 bridgehead atoms. The highest BCUT2D eigenvalue weighted by Gasteiger charge is 2.22. The number of pyridine rings is 1. The third-order valence-corrected chi connectivity index (χ3v) is 4.15. The molecule has 0 aliphatic heterocycles. The number of carbonyl (C=O) groups is 1. The minimum absolute atomic E-state index is 0.0223. The maximum atomic E-state index is 13.6. The van der Waals surface area contributed by atoms with E-state index in [1.165, 1.54) is 11.0 Å². The van der Waals surface area contributed by atoms with Crippen molar-refractivity contribution in [3.8, 4) is 0 Å². The summed E-state index contributed by atoms with van der Waals surface area (Å²) in [5.41, 5.74) is 0.210. The SMILES string of the molecule is CN(Cc1ccccc1)C(=O)c1cc(Cl)c2cc(F)cc([N+](=O)[O-])c2n1. The molecule has 3 rings (SSSR count). The van der Waals surface area contributed by atoms with Crippen LogP contribution in [0.1, 0.15) is 16.1 Å². The summed E-state index contributed by atoms with van der Waals surface area (Å²) in [7, 11) is 1.59. The molecule has 2 aromatic carbocycles. The smallest absolute Gasteiger partial charge is 0.298 e. The molecule has 8 heteroatoms. The van der Waals surface area contributed by atoms with Gasteiger partial charge in [0.2, 0.25) is 0 Å². The summed E-state index contributed by atoms with van der Waals surface area (Å²) in [5, 5.41) is 11.3. The molecule has 1 heterocycles. The Labute approximate surface area is 153 Å². The molecule has 0 aliphatic rings. The Kier molecular flexibility index (Phi) is 4.81. The first-order valence-electron chi connectivity index (χ1n) is 7.60. The van der Waals surface area contributed by atoms with E-state index in [4.69, 9.17) is 11.6 Å². The molecule has 0 fully saturated rings. The highest BCUT2D eigenvalue weighted by molar-refractivity contribution is 6.36. The van der Waals surface area contributed by atoms with Crippen LogP contribution in [-0.4, -0.2) is 27.8 Å². The molecule has 0 aliphatic carbocycles. The highest BCUT2D eigenvalue weighted by Crippen LogP contribution is 2.31. The van der Waals surface area contributed by atoms with E-state index in [1.54, 1.807) is 7.05 Å². The normalized spacial score (nSPS) is 10.7. The third kappa shape index (κ3) is 3.48. The Balaban J connectivity index is 2.02. The topological polar surface area (TPSA) is 76.3 Å². The molecule has 0 radical (unpaired) electrons. The van der Waals surface area contributed by atoms with Gasteiger partial charge in [-0.15, -0.1) is 0 Å². The molecule has 0 saturated carbocycles. The van der Waals surface area contributed by atoms with Crippen LogP contribution in [0.4, 0.5) is 10.1 Å². The lowest BCUT2D eigenvalue weighted by Crippen LogP contribution is -2.27. The minimum atomic E-state index is -0.798. The number of nitrogens with zero attached hydrogens (tertiary/aromatic N) is 3. The van der Waals surface area contributed by atoms with Gasteiger partial charge >= 0.3 is 0 Å². The number of rotatable bonds is 4. The number of amides is 1.